The molecule has 0 atom stereocenters. The van der Waals surface area contributed by atoms with Gasteiger partial charge in [-0.25, -0.2) is 0 Å². The van der Waals surface area contributed by atoms with Gasteiger partial charge in [-0.2, -0.15) is 0 Å². The van der Waals surface area contributed by atoms with Crippen LogP contribution in [0.15, 0.2) is 42.7 Å². The summed E-state index contributed by atoms with van der Waals surface area (Å²) in [7, 11) is 0. The van der Waals surface area contributed by atoms with E-state index in [0.717, 1.165) is 12.8 Å². The van der Waals surface area contributed by atoms with Crippen LogP contribution in [0.3, 0.4) is 0 Å². The number of fused-ring (bicyclic) bond motifs is 4. The summed E-state index contributed by atoms with van der Waals surface area (Å²) in [5, 5.41) is 0. The van der Waals surface area contributed by atoms with Gasteiger partial charge in [0, 0.05) is 12.4 Å². The first-order valence-electron chi connectivity index (χ1n) is 8.67. The molecule has 1 heterocycles. The fourth-order valence-corrected chi connectivity index (χ4v) is 3.71. The standard InChI is InChI=1S/C19H19N.C2H6/c1-2-6-16-14(5-1)9-10-15-11-12-20-13-19(15)18-8-4-3-7-17(16)18;1-2/h1-2,5-6,11-13H,3-4,7-10H2;1-2H3. The molecule has 0 N–H and O–H groups in total. The molecule has 0 radical (unpaired) electrons. The molecular weight excluding hydrogens is 266 g/mol. The van der Waals surface area contributed by atoms with Crippen molar-refractivity contribution in [1.29, 1.82) is 0 Å². The molecular formula is C21H25N. The SMILES string of the molecule is CC.c1ccc2c(c1)CCc1ccncc1C1=C2CCCC1. The van der Waals surface area contributed by atoms with E-state index >= 15 is 0 Å². The number of aryl methyl sites for hydroxylation is 2. The number of nitrogens with zero attached hydrogens (tertiary/aromatic N) is 1. The van der Waals surface area contributed by atoms with Crippen molar-refractivity contribution < 1.29 is 0 Å². The van der Waals surface area contributed by atoms with Gasteiger partial charge in [-0.3, -0.25) is 4.98 Å². The molecule has 1 nitrogen and oxygen atoms in total. The Kier molecular flexibility index (Phi) is 4.72. The Morgan fingerprint density at radius 3 is 2.14 bits per heavy atom. The molecule has 2 aliphatic carbocycles. The van der Waals surface area contributed by atoms with Gasteiger partial charge in [0.15, 0.2) is 0 Å². The average molecular weight is 291 g/mol. The predicted octanol–water partition coefficient (Wildman–Crippen LogP) is 5.69. The molecule has 0 fully saturated rings. The molecule has 0 aliphatic heterocycles. The number of benzene rings is 1. The molecule has 0 saturated heterocycles. The van der Waals surface area contributed by atoms with Gasteiger partial charge in [0.1, 0.15) is 0 Å². The zero-order chi connectivity index (χ0) is 15.4. The van der Waals surface area contributed by atoms with Crippen molar-refractivity contribution in [2.45, 2.75) is 52.4 Å². The van der Waals surface area contributed by atoms with Gasteiger partial charge in [0.2, 0.25) is 0 Å². The molecule has 1 aromatic heterocycles. The van der Waals surface area contributed by atoms with E-state index in [0.29, 0.717) is 0 Å². The van der Waals surface area contributed by atoms with Gasteiger partial charge in [0.05, 0.1) is 0 Å². The highest BCUT2D eigenvalue weighted by Crippen LogP contribution is 2.41. The Labute approximate surface area is 134 Å². The first-order chi connectivity index (χ1) is 10.9. The minimum atomic E-state index is 1.13. The number of pyridine rings is 1. The Morgan fingerprint density at radius 1 is 0.727 bits per heavy atom. The van der Waals surface area contributed by atoms with Gasteiger partial charge in [-0.15, -0.1) is 0 Å². The number of hydrogen-bond donors (Lipinski definition) is 0. The van der Waals surface area contributed by atoms with Crippen molar-refractivity contribution >= 4 is 11.1 Å². The molecule has 2 aliphatic rings. The van der Waals surface area contributed by atoms with Crippen molar-refractivity contribution in [3.05, 3.63) is 65.0 Å². The lowest BCUT2D eigenvalue weighted by Crippen LogP contribution is -2.08. The quantitative estimate of drug-likeness (QED) is 0.607. The van der Waals surface area contributed by atoms with E-state index in [-0.39, 0.29) is 0 Å². The molecule has 4 rings (SSSR count). The average Bonchev–Trinajstić information content (AvgIpc) is 2.61. The van der Waals surface area contributed by atoms with Gasteiger partial charge in [0.25, 0.3) is 0 Å². The van der Waals surface area contributed by atoms with E-state index in [4.69, 9.17) is 0 Å². The molecule has 1 heteroatoms. The molecule has 1 aromatic carbocycles. The van der Waals surface area contributed by atoms with Crippen molar-refractivity contribution in [2.24, 2.45) is 0 Å². The minimum absolute atomic E-state index is 1.13. The number of allylic oxidation sites excluding steroid dienone is 2. The zero-order valence-corrected chi connectivity index (χ0v) is 13.7. The van der Waals surface area contributed by atoms with Crippen LogP contribution < -0.4 is 0 Å². The lowest BCUT2D eigenvalue weighted by atomic mass is 9.78. The monoisotopic (exact) mass is 291 g/mol. The first kappa shape index (κ1) is 15.0. The molecule has 0 unspecified atom stereocenters. The highest BCUT2D eigenvalue weighted by atomic mass is 14.6. The fraction of sp³-hybridized carbons (Fsp3) is 0.381. The van der Waals surface area contributed by atoms with E-state index in [2.05, 4.69) is 41.5 Å². The van der Waals surface area contributed by atoms with Crippen molar-refractivity contribution in [3.63, 3.8) is 0 Å². The van der Waals surface area contributed by atoms with Crippen LogP contribution in [0.25, 0.3) is 11.1 Å². The zero-order valence-electron chi connectivity index (χ0n) is 13.7. The van der Waals surface area contributed by atoms with Gasteiger partial charge < -0.3 is 0 Å². The van der Waals surface area contributed by atoms with Crippen LogP contribution in [0.1, 0.15) is 61.8 Å². The Bertz CT molecular complexity index is 622. The third kappa shape index (κ3) is 2.72. The largest absolute Gasteiger partial charge is 0.264 e. The predicted molar refractivity (Wildman–Crippen MR) is 94.7 cm³/mol. The summed E-state index contributed by atoms with van der Waals surface area (Å²) >= 11 is 0. The number of hydrogen-bond acceptors (Lipinski definition) is 1. The van der Waals surface area contributed by atoms with E-state index in [1.165, 1.54) is 47.9 Å². The summed E-state index contributed by atoms with van der Waals surface area (Å²) < 4.78 is 0. The Morgan fingerprint density at radius 2 is 1.36 bits per heavy atom. The van der Waals surface area contributed by atoms with Gasteiger partial charge in [-0.1, -0.05) is 38.1 Å². The molecule has 2 aromatic rings. The van der Waals surface area contributed by atoms with E-state index in [1.54, 1.807) is 11.1 Å². The summed E-state index contributed by atoms with van der Waals surface area (Å²) in [6.07, 6.45) is 11.4. The third-order valence-electron chi connectivity index (χ3n) is 4.71. The second-order valence-corrected chi connectivity index (χ2v) is 5.85. The van der Waals surface area contributed by atoms with Crippen LogP contribution in [0.5, 0.6) is 0 Å². The van der Waals surface area contributed by atoms with Gasteiger partial charge in [-0.05, 0) is 78.0 Å². The van der Waals surface area contributed by atoms with Crippen LogP contribution in [0, 0.1) is 0 Å². The van der Waals surface area contributed by atoms with Gasteiger partial charge >= 0.3 is 0 Å². The van der Waals surface area contributed by atoms with E-state index < -0.39 is 0 Å². The minimum Gasteiger partial charge on any atom is -0.264 e. The lowest BCUT2D eigenvalue weighted by molar-refractivity contribution is 0.748. The van der Waals surface area contributed by atoms with Crippen LogP contribution in [0.2, 0.25) is 0 Å². The number of rotatable bonds is 0. The van der Waals surface area contributed by atoms with Crippen LogP contribution in [0.4, 0.5) is 0 Å². The summed E-state index contributed by atoms with van der Waals surface area (Å²) in [6, 6.07) is 11.2. The number of aromatic nitrogens is 1. The fourth-order valence-electron chi connectivity index (χ4n) is 3.71. The summed E-state index contributed by atoms with van der Waals surface area (Å²) in [5.74, 6) is 0. The highest BCUT2D eigenvalue weighted by Gasteiger charge is 2.22. The van der Waals surface area contributed by atoms with Crippen molar-refractivity contribution in [3.8, 4) is 0 Å². The maximum absolute atomic E-state index is 4.38. The summed E-state index contributed by atoms with van der Waals surface area (Å²) in [4.78, 5) is 4.38. The van der Waals surface area contributed by atoms with Crippen LogP contribution in [-0.4, -0.2) is 4.98 Å². The first-order valence-corrected chi connectivity index (χ1v) is 8.67. The molecule has 0 amide bonds. The smallest absolute Gasteiger partial charge is 0.0345 e. The van der Waals surface area contributed by atoms with Crippen LogP contribution in [-0.2, 0) is 12.8 Å². The Balaban J connectivity index is 0.000000693. The van der Waals surface area contributed by atoms with Crippen molar-refractivity contribution in [1.82, 2.24) is 4.98 Å². The molecule has 0 bridgehead atoms. The summed E-state index contributed by atoms with van der Waals surface area (Å²) in [6.45, 7) is 4.00. The molecule has 0 spiro atoms. The molecule has 22 heavy (non-hydrogen) atoms. The van der Waals surface area contributed by atoms with Crippen LogP contribution >= 0.6 is 0 Å². The van der Waals surface area contributed by atoms with E-state index in [9.17, 15) is 0 Å². The molecule has 0 saturated carbocycles. The second-order valence-electron chi connectivity index (χ2n) is 5.85. The van der Waals surface area contributed by atoms with E-state index in [1.807, 2.05) is 20.0 Å². The maximum Gasteiger partial charge on any atom is 0.0345 e. The van der Waals surface area contributed by atoms with Crippen molar-refractivity contribution in [2.75, 3.05) is 0 Å². The maximum atomic E-state index is 4.38. The summed E-state index contributed by atoms with van der Waals surface area (Å²) in [5.41, 5.74) is 9.05. The Hall–Kier alpha value is -1.89. The topological polar surface area (TPSA) is 12.9 Å². The molecule has 114 valence electrons. The second kappa shape index (κ2) is 6.91. The normalized spacial score (nSPS) is 16.3. The third-order valence-corrected chi connectivity index (χ3v) is 4.71. The highest BCUT2D eigenvalue weighted by molar-refractivity contribution is 5.93. The lowest BCUT2D eigenvalue weighted by Gasteiger charge is -2.26.